The number of halogens is 1. The fourth-order valence-electron chi connectivity index (χ4n) is 3.06. The number of nitrogens with one attached hydrogen (secondary N) is 2. The maximum Gasteiger partial charge on any atom is 0.191 e. The first kappa shape index (κ1) is 21.9. The Morgan fingerprint density at radius 3 is 2.46 bits per heavy atom. The van der Waals surface area contributed by atoms with Gasteiger partial charge in [-0.3, -0.25) is 9.67 Å². The molecular weight excluding hydrogens is 465 g/mol. The van der Waals surface area contributed by atoms with Crippen molar-refractivity contribution in [2.24, 2.45) is 12.0 Å². The van der Waals surface area contributed by atoms with Crippen LogP contribution in [0.3, 0.4) is 0 Å². The monoisotopic (exact) mass is 493 g/mol. The van der Waals surface area contributed by atoms with Crippen molar-refractivity contribution < 1.29 is 0 Å². The summed E-state index contributed by atoms with van der Waals surface area (Å²) < 4.78 is 4.05. The standard InChI is InChI=1S/C20H27N7.HI/c1-15-18(16(2)26(4)25-15)12-23-20(21-3)24-13-19-22-10-11-27(19)14-17-8-6-5-7-9-17;/h5-11H,12-14H2,1-4H3,(H2,21,23,24);1H. The van der Waals surface area contributed by atoms with Gasteiger partial charge in [-0.2, -0.15) is 5.10 Å². The number of nitrogens with zero attached hydrogens (tertiary/aromatic N) is 5. The van der Waals surface area contributed by atoms with Gasteiger partial charge in [0.25, 0.3) is 0 Å². The largest absolute Gasteiger partial charge is 0.352 e. The van der Waals surface area contributed by atoms with Gasteiger partial charge in [0.2, 0.25) is 0 Å². The Kier molecular flexibility index (Phi) is 8.04. The van der Waals surface area contributed by atoms with Crippen molar-refractivity contribution >= 4 is 29.9 Å². The SMILES string of the molecule is CN=C(NCc1c(C)nn(C)c1C)NCc1nccn1Cc1ccccc1.I. The first-order valence-electron chi connectivity index (χ1n) is 9.06. The van der Waals surface area contributed by atoms with Crippen molar-refractivity contribution in [3.63, 3.8) is 0 Å². The molecule has 2 heterocycles. The van der Waals surface area contributed by atoms with Crippen LogP contribution in [0.4, 0.5) is 0 Å². The summed E-state index contributed by atoms with van der Waals surface area (Å²) in [5.74, 6) is 1.71. The van der Waals surface area contributed by atoms with Crippen LogP contribution in [0.25, 0.3) is 0 Å². The number of guanidine groups is 1. The first-order chi connectivity index (χ1) is 13.1. The smallest absolute Gasteiger partial charge is 0.191 e. The molecule has 0 spiro atoms. The highest BCUT2D eigenvalue weighted by atomic mass is 127. The van der Waals surface area contributed by atoms with Gasteiger partial charge in [0.1, 0.15) is 5.82 Å². The Morgan fingerprint density at radius 2 is 1.82 bits per heavy atom. The zero-order chi connectivity index (χ0) is 19.2. The predicted molar refractivity (Wildman–Crippen MR) is 123 cm³/mol. The molecule has 7 nitrogen and oxygen atoms in total. The van der Waals surface area contributed by atoms with Crippen LogP contribution in [-0.2, 0) is 26.7 Å². The van der Waals surface area contributed by atoms with Crippen LogP contribution in [0.1, 0.15) is 28.3 Å². The summed E-state index contributed by atoms with van der Waals surface area (Å²) in [6, 6.07) is 10.4. The topological polar surface area (TPSA) is 72.1 Å². The van der Waals surface area contributed by atoms with Gasteiger partial charge in [0.15, 0.2) is 5.96 Å². The molecule has 1 aromatic carbocycles. The van der Waals surface area contributed by atoms with Gasteiger partial charge in [-0.25, -0.2) is 4.98 Å². The highest BCUT2D eigenvalue weighted by Gasteiger charge is 2.10. The number of aromatic nitrogens is 4. The van der Waals surface area contributed by atoms with Gasteiger partial charge in [-0.1, -0.05) is 30.3 Å². The fraction of sp³-hybridized carbons (Fsp3) is 0.350. The molecule has 0 radical (unpaired) electrons. The highest BCUT2D eigenvalue weighted by molar-refractivity contribution is 14.0. The van der Waals surface area contributed by atoms with E-state index < -0.39 is 0 Å². The molecule has 0 aliphatic carbocycles. The van der Waals surface area contributed by atoms with Crippen molar-refractivity contribution in [1.82, 2.24) is 30.0 Å². The van der Waals surface area contributed by atoms with E-state index in [9.17, 15) is 0 Å². The van der Waals surface area contributed by atoms with E-state index >= 15 is 0 Å². The third-order valence-electron chi connectivity index (χ3n) is 4.73. The van der Waals surface area contributed by atoms with Gasteiger partial charge < -0.3 is 15.2 Å². The molecule has 150 valence electrons. The molecule has 2 aromatic heterocycles. The van der Waals surface area contributed by atoms with Crippen LogP contribution < -0.4 is 10.6 Å². The molecule has 8 heteroatoms. The summed E-state index contributed by atoms with van der Waals surface area (Å²) in [5.41, 5.74) is 4.65. The Bertz CT molecular complexity index is 912. The number of aryl methyl sites for hydroxylation is 2. The predicted octanol–water partition coefficient (Wildman–Crippen LogP) is 2.76. The second-order valence-corrected chi connectivity index (χ2v) is 6.51. The average molecular weight is 493 g/mol. The number of hydrogen-bond acceptors (Lipinski definition) is 3. The third kappa shape index (κ3) is 5.34. The lowest BCUT2D eigenvalue weighted by atomic mass is 10.2. The molecule has 3 aromatic rings. The molecule has 0 aliphatic heterocycles. The zero-order valence-corrected chi connectivity index (χ0v) is 19.1. The van der Waals surface area contributed by atoms with Gasteiger partial charge in [-0.05, 0) is 19.4 Å². The number of hydrogen-bond donors (Lipinski definition) is 2. The first-order valence-corrected chi connectivity index (χ1v) is 9.06. The summed E-state index contributed by atoms with van der Waals surface area (Å²) in [6.45, 7) is 6.19. The summed E-state index contributed by atoms with van der Waals surface area (Å²) in [7, 11) is 3.74. The Balaban J connectivity index is 0.00000280. The minimum atomic E-state index is 0. The molecule has 0 unspecified atom stereocenters. The van der Waals surface area contributed by atoms with Crippen LogP contribution in [0.2, 0.25) is 0 Å². The molecule has 2 N–H and O–H groups in total. The summed E-state index contributed by atoms with van der Waals surface area (Å²) in [4.78, 5) is 8.79. The molecule has 0 bridgehead atoms. The lowest BCUT2D eigenvalue weighted by molar-refractivity contribution is 0.687. The fourth-order valence-corrected chi connectivity index (χ4v) is 3.06. The molecule has 0 saturated carbocycles. The van der Waals surface area contributed by atoms with Gasteiger partial charge >= 0.3 is 0 Å². The van der Waals surface area contributed by atoms with Crippen molar-refractivity contribution in [3.8, 4) is 0 Å². The molecule has 0 saturated heterocycles. The Morgan fingerprint density at radius 1 is 1.11 bits per heavy atom. The molecule has 3 rings (SSSR count). The molecular formula is C20H28IN7. The molecule has 0 atom stereocenters. The van der Waals surface area contributed by atoms with Crippen LogP contribution in [0.5, 0.6) is 0 Å². The average Bonchev–Trinajstić information content (AvgIpc) is 3.21. The quantitative estimate of drug-likeness (QED) is 0.315. The van der Waals surface area contributed by atoms with E-state index in [0.29, 0.717) is 13.1 Å². The van der Waals surface area contributed by atoms with Crippen molar-refractivity contribution in [3.05, 3.63) is 71.1 Å². The van der Waals surface area contributed by atoms with E-state index in [-0.39, 0.29) is 24.0 Å². The second kappa shape index (κ2) is 10.3. The molecule has 0 aliphatic rings. The number of aliphatic imine (C=N–C) groups is 1. The van der Waals surface area contributed by atoms with E-state index in [1.54, 1.807) is 7.05 Å². The normalized spacial score (nSPS) is 11.2. The minimum absolute atomic E-state index is 0. The van der Waals surface area contributed by atoms with E-state index in [1.165, 1.54) is 11.1 Å². The molecule has 0 amide bonds. The van der Waals surface area contributed by atoms with E-state index in [2.05, 4.69) is 61.5 Å². The summed E-state index contributed by atoms with van der Waals surface area (Å²) in [6.07, 6.45) is 3.83. The van der Waals surface area contributed by atoms with Crippen LogP contribution in [0.15, 0.2) is 47.7 Å². The Hall–Kier alpha value is -2.36. The lowest BCUT2D eigenvalue weighted by Gasteiger charge is -2.13. The van der Waals surface area contributed by atoms with Crippen molar-refractivity contribution in [1.29, 1.82) is 0 Å². The van der Waals surface area contributed by atoms with E-state index in [0.717, 1.165) is 29.7 Å². The zero-order valence-electron chi connectivity index (χ0n) is 16.8. The maximum atomic E-state index is 4.47. The van der Waals surface area contributed by atoms with E-state index in [4.69, 9.17) is 0 Å². The second-order valence-electron chi connectivity index (χ2n) is 6.51. The number of rotatable bonds is 6. The minimum Gasteiger partial charge on any atom is -0.352 e. The van der Waals surface area contributed by atoms with Crippen LogP contribution in [0, 0.1) is 13.8 Å². The number of benzene rings is 1. The molecule has 0 fully saturated rings. The maximum absolute atomic E-state index is 4.47. The summed E-state index contributed by atoms with van der Waals surface area (Å²) in [5, 5.41) is 11.2. The lowest BCUT2D eigenvalue weighted by Crippen LogP contribution is -2.37. The highest BCUT2D eigenvalue weighted by Crippen LogP contribution is 2.11. The summed E-state index contributed by atoms with van der Waals surface area (Å²) >= 11 is 0. The molecule has 28 heavy (non-hydrogen) atoms. The Labute approximate surface area is 183 Å². The van der Waals surface area contributed by atoms with Crippen LogP contribution >= 0.6 is 24.0 Å². The van der Waals surface area contributed by atoms with Crippen LogP contribution in [-0.4, -0.2) is 32.3 Å². The van der Waals surface area contributed by atoms with Gasteiger partial charge in [0, 0.05) is 50.8 Å². The van der Waals surface area contributed by atoms with Crippen molar-refractivity contribution in [2.45, 2.75) is 33.5 Å². The third-order valence-corrected chi connectivity index (χ3v) is 4.73. The number of imidazole rings is 1. The van der Waals surface area contributed by atoms with Gasteiger partial charge in [0.05, 0.1) is 12.2 Å². The van der Waals surface area contributed by atoms with Gasteiger partial charge in [-0.15, -0.1) is 24.0 Å². The van der Waals surface area contributed by atoms with E-state index in [1.807, 2.05) is 37.1 Å². The van der Waals surface area contributed by atoms with Crippen molar-refractivity contribution in [2.75, 3.05) is 7.05 Å².